The van der Waals surface area contributed by atoms with Crippen molar-refractivity contribution in [1.29, 1.82) is 0 Å². The molecule has 4 unspecified atom stereocenters. The summed E-state index contributed by atoms with van der Waals surface area (Å²) in [4.78, 5) is 46.8. The van der Waals surface area contributed by atoms with Gasteiger partial charge in [0.1, 0.15) is 0 Å². The molecule has 4 rings (SSSR count). The molecule has 1 saturated heterocycles. The predicted molar refractivity (Wildman–Crippen MR) is 110 cm³/mol. The molecule has 9 heteroatoms. The summed E-state index contributed by atoms with van der Waals surface area (Å²) >= 11 is 0. The van der Waals surface area contributed by atoms with Crippen LogP contribution in [0, 0.1) is 23.7 Å². The molecule has 158 valence electrons. The Hall–Kier alpha value is -3.23. The molecule has 3 N–H and O–H groups in total. The van der Waals surface area contributed by atoms with Crippen molar-refractivity contribution >= 4 is 23.7 Å². The Balaban J connectivity index is 1.17. The van der Waals surface area contributed by atoms with E-state index in [4.69, 9.17) is 0 Å². The summed E-state index contributed by atoms with van der Waals surface area (Å²) in [6.07, 6.45) is 8.26. The summed E-state index contributed by atoms with van der Waals surface area (Å²) in [7, 11) is 1.64. The van der Waals surface area contributed by atoms with Crippen LogP contribution in [0.4, 0.5) is 0 Å². The number of allylic oxidation sites excluding steroid dienone is 2. The lowest BCUT2D eigenvalue weighted by molar-refractivity contribution is -0.140. The van der Waals surface area contributed by atoms with Crippen LogP contribution in [0.1, 0.15) is 16.8 Å². The van der Waals surface area contributed by atoms with E-state index in [0.717, 1.165) is 6.42 Å². The Morgan fingerprint density at radius 2 is 1.77 bits per heavy atom. The average molecular weight is 410 g/mol. The molecule has 3 amide bonds. The Labute approximate surface area is 175 Å². The van der Waals surface area contributed by atoms with Gasteiger partial charge in [0.2, 0.25) is 11.8 Å². The normalized spacial score (nSPS) is 26.8. The monoisotopic (exact) mass is 410 g/mol. The topological polar surface area (TPSA) is 116 Å². The number of imide groups is 1. The second kappa shape index (κ2) is 8.64. The number of carbonyl (C=O) groups is 3. The molecular weight excluding hydrogens is 384 g/mol. The van der Waals surface area contributed by atoms with Gasteiger partial charge in [0.05, 0.1) is 17.4 Å². The molecule has 9 nitrogen and oxygen atoms in total. The number of hydrogen-bond acceptors (Lipinski definition) is 5. The number of aliphatic imine (C=N–C) groups is 1. The van der Waals surface area contributed by atoms with Crippen molar-refractivity contribution in [1.82, 2.24) is 25.8 Å². The van der Waals surface area contributed by atoms with Gasteiger partial charge in [-0.2, -0.15) is 0 Å². The standard InChI is InChI=1S/C21H26N6O3/c1-22-21(25-8-7-24-18(28)15-3-2-6-23-12-15)26-9-10-27-19(29)16-13-4-5-14(11-13)17(16)20(27)30/h2-6,12-14,16-17H,7-11H2,1H3,(H,24,28)(H2,22,25,26). The van der Waals surface area contributed by atoms with Gasteiger partial charge in [0, 0.05) is 45.6 Å². The lowest BCUT2D eigenvalue weighted by atomic mass is 9.85. The van der Waals surface area contributed by atoms with E-state index >= 15 is 0 Å². The fourth-order valence-corrected chi connectivity index (χ4v) is 4.65. The number of hydrogen-bond donors (Lipinski definition) is 3. The number of rotatable bonds is 7. The van der Waals surface area contributed by atoms with Crippen molar-refractivity contribution in [2.75, 3.05) is 33.2 Å². The van der Waals surface area contributed by atoms with Gasteiger partial charge in [0.25, 0.3) is 5.91 Å². The van der Waals surface area contributed by atoms with Crippen LogP contribution >= 0.6 is 0 Å². The molecule has 0 aromatic carbocycles. The smallest absolute Gasteiger partial charge is 0.252 e. The van der Waals surface area contributed by atoms with Gasteiger partial charge in [0.15, 0.2) is 5.96 Å². The zero-order valence-electron chi connectivity index (χ0n) is 16.9. The zero-order chi connectivity index (χ0) is 21.1. The Morgan fingerprint density at radius 3 is 2.40 bits per heavy atom. The van der Waals surface area contributed by atoms with Gasteiger partial charge in [-0.3, -0.25) is 29.3 Å². The zero-order valence-corrected chi connectivity index (χ0v) is 16.9. The highest BCUT2D eigenvalue weighted by atomic mass is 16.2. The molecule has 1 aliphatic heterocycles. The van der Waals surface area contributed by atoms with Gasteiger partial charge in [-0.1, -0.05) is 12.2 Å². The molecule has 2 heterocycles. The fraction of sp³-hybridized carbons (Fsp3) is 0.476. The first kappa shape index (κ1) is 20.1. The number of nitrogens with one attached hydrogen (secondary N) is 3. The Morgan fingerprint density at radius 1 is 1.10 bits per heavy atom. The third-order valence-corrected chi connectivity index (χ3v) is 6.04. The maximum atomic E-state index is 12.7. The summed E-state index contributed by atoms with van der Waals surface area (Å²) < 4.78 is 0. The van der Waals surface area contributed by atoms with Crippen molar-refractivity contribution in [3.63, 3.8) is 0 Å². The minimum Gasteiger partial charge on any atom is -0.355 e. The molecule has 2 aliphatic carbocycles. The summed E-state index contributed by atoms with van der Waals surface area (Å²) in [6, 6.07) is 3.41. The molecule has 1 aromatic rings. The van der Waals surface area contributed by atoms with E-state index in [1.54, 1.807) is 25.4 Å². The molecule has 3 aliphatic rings. The number of likely N-dealkylation sites (tertiary alicyclic amines) is 1. The maximum absolute atomic E-state index is 12.7. The third-order valence-electron chi connectivity index (χ3n) is 6.04. The van der Waals surface area contributed by atoms with Crippen LogP contribution in [0.25, 0.3) is 0 Å². The minimum atomic E-state index is -0.187. The first-order valence-electron chi connectivity index (χ1n) is 10.3. The summed E-state index contributed by atoms with van der Waals surface area (Å²) in [5.74, 6) is 0.423. The van der Waals surface area contributed by atoms with E-state index in [2.05, 4.69) is 38.1 Å². The average Bonchev–Trinajstić information content (AvgIpc) is 3.45. The number of carbonyl (C=O) groups excluding carboxylic acids is 3. The number of guanidine groups is 1. The quantitative estimate of drug-likeness (QED) is 0.188. The van der Waals surface area contributed by atoms with Gasteiger partial charge in [-0.25, -0.2) is 0 Å². The van der Waals surface area contributed by atoms with Crippen molar-refractivity contribution in [3.05, 3.63) is 42.2 Å². The van der Waals surface area contributed by atoms with Crippen molar-refractivity contribution in [2.24, 2.45) is 28.7 Å². The number of pyridine rings is 1. The number of amides is 3. The van der Waals surface area contributed by atoms with E-state index in [1.165, 1.54) is 11.1 Å². The summed E-state index contributed by atoms with van der Waals surface area (Å²) in [5.41, 5.74) is 0.508. The highest BCUT2D eigenvalue weighted by molar-refractivity contribution is 6.06. The van der Waals surface area contributed by atoms with Crippen molar-refractivity contribution < 1.29 is 14.4 Å². The van der Waals surface area contributed by atoms with Crippen LogP contribution in [0.3, 0.4) is 0 Å². The molecule has 0 radical (unpaired) electrons. The van der Waals surface area contributed by atoms with Crippen molar-refractivity contribution in [3.8, 4) is 0 Å². The van der Waals surface area contributed by atoms with Crippen LogP contribution in [0.15, 0.2) is 41.7 Å². The van der Waals surface area contributed by atoms with Crippen LogP contribution in [-0.2, 0) is 9.59 Å². The lowest BCUT2D eigenvalue weighted by Gasteiger charge is -2.18. The highest BCUT2D eigenvalue weighted by Crippen LogP contribution is 2.52. The largest absolute Gasteiger partial charge is 0.355 e. The van der Waals surface area contributed by atoms with E-state index in [9.17, 15) is 14.4 Å². The summed E-state index contributed by atoms with van der Waals surface area (Å²) in [6.45, 7) is 1.63. The second-order valence-electron chi connectivity index (χ2n) is 7.75. The first-order chi connectivity index (χ1) is 14.6. The molecule has 0 spiro atoms. The highest BCUT2D eigenvalue weighted by Gasteiger charge is 2.58. The second-order valence-corrected chi connectivity index (χ2v) is 7.75. The molecule has 4 atom stereocenters. The Bertz CT molecular complexity index is 854. The van der Waals surface area contributed by atoms with E-state index in [0.29, 0.717) is 37.7 Å². The van der Waals surface area contributed by atoms with Crippen molar-refractivity contribution in [2.45, 2.75) is 6.42 Å². The molecule has 1 saturated carbocycles. The number of nitrogens with zero attached hydrogens (tertiary/aromatic N) is 3. The molecule has 2 bridgehead atoms. The molecular formula is C21H26N6O3. The fourth-order valence-electron chi connectivity index (χ4n) is 4.65. The van der Waals surface area contributed by atoms with E-state index in [1.807, 2.05) is 0 Å². The van der Waals surface area contributed by atoms with Gasteiger partial charge in [-0.15, -0.1) is 0 Å². The Kier molecular flexibility index (Phi) is 5.78. The molecule has 30 heavy (non-hydrogen) atoms. The number of fused-ring (bicyclic) bond motifs is 5. The minimum absolute atomic E-state index is 0.0373. The van der Waals surface area contributed by atoms with Gasteiger partial charge in [-0.05, 0) is 30.4 Å². The van der Waals surface area contributed by atoms with Gasteiger partial charge < -0.3 is 16.0 Å². The van der Waals surface area contributed by atoms with Crippen LogP contribution in [0.2, 0.25) is 0 Å². The predicted octanol–water partition coefficient (Wildman–Crippen LogP) is -0.216. The van der Waals surface area contributed by atoms with Crippen LogP contribution < -0.4 is 16.0 Å². The lowest BCUT2D eigenvalue weighted by Crippen LogP contribution is -2.45. The summed E-state index contributed by atoms with van der Waals surface area (Å²) in [5, 5.41) is 9.01. The van der Waals surface area contributed by atoms with Crippen LogP contribution in [-0.4, -0.2) is 66.8 Å². The maximum Gasteiger partial charge on any atom is 0.252 e. The van der Waals surface area contributed by atoms with Crippen LogP contribution in [0.5, 0.6) is 0 Å². The SMILES string of the molecule is CN=C(NCCNC(=O)c1cccnc1)NCCN1C(=O)C2C3C=CC(C3)C2C1=O. The molecule has 1 aromatic heterocycles. The van der Waals surface area contributed by atoms with Gasteiger partial charge >= 0.3 is 0 Å². The molecule has 2 fully saturated rings. The van der Waals surface area contributed by atoms with E-state index < -0.39 is 0 Å². The number of aromatic nitrogens is 1. The first-order valence-corrected chi connectivity index (χ1v) is 10.3. The third kappa shape index (κ3) is 3.79. The van der Waals surface area contributed by atoms with E-state index in [-0.39, 0.29) is 41.4 Å².